The van der Waals surface area contributed by atoms with Crippen molar-refractivity contribution in [2.75, 3.05) is 13.2 Å². The van der Waals surface area contributed by atoms with Gasteiger partial charge >= 0.3 is 0 Å². The molecule has 19 heavy (non-hydrogen) atoms. The molecule has 0 spiro atoms. The van der Waals surface area contributed by atoms with Crippen molar-refractivity contribution in [2.24, 2.45) is 5.73 Å². The third-order valence-corrected chi connectivity index (χ3v) is 2.96. The van der Waals surface area contributed by atoms with Crippen molar-refractivity contribution in [2.45, 2.75) is 6.42 Å². The number of hydrogen-bond acceptors (Lipinski definition) is 4. The largest absolute Gasteiger partial charge is 0.486 e. The second-order valence-electron chi connectivity index (χ2n) is 4.36. The fourth-order valence-electron chi connectivity index (χ4n) is 2.05. The van der Waals surface area contributed by atoms with Crippen LogP contribution in [0.5, 0.6) is 11.5 Å². The molecule has 0 amide bonds. The van der Waals surface area contributed by atoms with Crippen LogP contribution in [-0.4, -0.2) is 13.2 Å². The van der Waals surface area contributed by atoms with Gasteiger partial charge in [0.25, 0.3) is 0 Å². The van der Waals surface area contributed by atoms with Crippen LogP contribution in [0.3, 0.4) is 0 Å². The van der Waals surface area contributed by atoms with E-state index >= 15 is 0 Å². The first-order valence-corrected chi connectivity index (χ1v) is 6.21. The van der Waals surface area contributed by atoms with Gasteiger partial charge in [0.05, 0.1) is 12.9 Å². The predicted octanol–water partition coefficient (Wildman–Crippen LogP) is 3.08. The molecule has 0 atom stereocenters. The molecule has 1 aromatic heterocycles. The van der Waals surface area contributed by atoms with Gasteiger partial charge < -0.3 is 19.6 Å². The maximum Gasteiger partial charge on any atom is 0.206 e. The normalized spacial score (nSPS) is 13.4. The van der Waals surface area contributed by atoms with Crippen molar-refractivity contribution >= 4 is 17.0 Å². The van der Waals surface area contributed by atoms with Crippen LogP contribution in [0.4, 0.5) is 0 Å². The minimum absolute atomic E-state index is 0.530. The lowest BCUT2D eigenvalue weighted by atomic mass is 10.1. The second-order valence-corrected chi connectivity index (χ2v) is 4.36. The van der Waals surface area contributed by atoms with Crippen molar-refractivity contribution in [3.63, 3.8) is 0 Å². The zero-order valence-electron chi connectivity index (χ0n) is 10.5. The lowest BCUT2D eigenvalue weighted by Gasteiger charge is -2.18. The molecule has 0 unspecified atom stereocenters. The van der Waals surface area contributed by atoms with Gasteiger partial charge in [0.2, 0.25) is 5.75 Å². The summed E-state index contributed by atoms with van der Waals surface area (Å²) in [6.45, 7) is 4.92. The van der Waals surface area contributed by atoms with E-state index in [0.717, 1.165) is 17.4 Å². The van der Waals surface area contributed by atoms with E-state index in [0.29, 0.717) is 36.0 Å². The minimum atomic E-state index is 0.530. The van der Waals surface area contributed by atoms with Gasteiger partial charge in [0, 0.05) is 10.9 Å². The maximum atomic E-state index is 5.79. The topological polar surface area (TPSA) is 57.6 Å². The van der Waals surface area contributed by atoms with Crippen LogP contribution in [0.25, 0.3) is 17.0 Å². The summed E-state index contributed by atoms with van der Waals surface area (Å²) in [6, 6.07) is 3.91. The Balaban J connectivity index is 2.10. The highest BCUT2D eigenvalue weighted by atomic mass is 16.5. The van der Waals surface area contributed by atoms with E-state index < -0.39 is 0 Å². The standard InChI is InChI=1S/C15H15NO3/c1-10-3-4-11-9-12-5-8-18-13(12)15(14(11)19-10)17-7-2-6-16/h3-5,8-9H,1-2,6-7,16H2. The number of benzene rings is 1. The summed E-state index contributed by atoms with van der Waals surface area (Å²) >= 11 is 0. The molecule has 0 fully saturated rings. The number of nitrogens with two attached hydrogens (primary N) is 1. The number of rotatable bonds is 4. The molecule has 98 valence electrons. The van der Waals surface area contributed by atoms with E-state index in [9.17, 15) is 0 Å². The van der Waals surface area contributed by atoms with Crippen LogP contribution in [0.15, 0.2) is 41.2 Å². The van der Waals surface area contributed by atoms with E-state index in [1.54, 1.807) is 6.26 Å². The van der Waals surface area contributed by atoms with Gasteiger partial charge in [-0.3, -0.25) is 0 Å². The molecule has 3 rings (SSSR count). The average molecular weight is 257 g/mol. The second kappa shape index (κ2) is 4.82. The summed E-state index contributed by atoms with van der Waals surface area (Å²) in [4.78, 5) is 0. The number of allylic oxidation sites excluding steroid dienone is 1. The number of hydrogen-bond donors (Lipinski definition) is 1. The minimum Gasteiger partial charge on any atom is -0.486 e. The third-order valence-electron chi connectivity index (χ3n) is 2.96. The molecule has 1 aliphatic heterocycles. The molecule has 2 N–H and O–H groups in total. The monoisotopic (exact) mass is 257 g/mol. The first-order chi connectivity index (χ1) is 9.29. The lowest BCUT2D eigenvalue weighted by molar-refractivity contribution is 0.294. The third kappa shape index (κ3) is 2.11. The number of furan rings is 1. The van der Waals surface area contributed by atoms with Gasteiger partial charge in [-0.2, -0.15) is 0 Å². The molecule has 2 heterocycles. The van der Waals surface area contributed by atoms with Crippen molar-refractivity contribution in [3.8, 4) is 11.5 Å². The molecule has 1 aliphatic rings. The molecular formula is C15H15NO3. The van der Waals surface area contributed by atoms with E-state index in [1.807, 2.05) is 24.3 Å². The zero-order valence-corrected chi connectivity index (χ0v) is 10.5. The van der Waals surface area contributed by atoms with Gasteiger partial charge in [-0.1, -0.05) is 6.58 Å². The van der Waals surface area contributed by atoms with Crippen LogP contribution in [-0.2, 0) is 0 Å². The van der Waals surface area contributed by atoms with Crippen molar-refractivity contribution in [1.82, 2.24) is 0 Å². The SMILES string of the molecule is C=C1C=Cc2cc3ccoc3c(OCCCN)c2O1. The molecule has 0 aliphatic carbocycles. The summed E-state index contributed by atoms with van der Waals surface area (Å²) in [5.74, 6) is 1.87. The Morgan fingerprint density at radius 3 is 3.05 bits per heavy atom. The fraction of sp³-hybridized carbons (Fsp3) is 0.200. The van der Waals surface area contributed by atoms with Crippen molar-refractivity contribution < 1.29 is 13.9 Å². The van der Waals surface area contributed by atoms with Crippen molar-refractivity contribution in [1.29, 1.82) is 0 Å². The van der Waals surface area contributed by atoms with Crippen LogP contribution in [0.1, 0.15) is 12.0 Å². The quantitative estimate of drug-likeness (QED) is 0.855. The van der Waals surface area contributed by atoms with Crippen LogP contribution < -0.4 is 15.2 Å². The van der Waals surface area contributed by atoms with Gasteiger partial charge in [0.1, 0.15) is 5.76 Å². The molecule has 0 bridgehead atoms. The Morgan fingerprint density at radius 2 is 2.21 bits per heavy atom. The molecule has 1 aromatic carbocycles. The average Bonchev–Trinajstić information content (AvgIpc) is 2.86. The van der Waals surface area contributed by atoms with Crippen LogP contribution in [0.2, 0.25) is 0 Å². The smallest absolute Gasteiger partial charge is 0.206 e. The molecule has 4 heteroatoms. The molecule has 0 saturated heterocycles. The Labute approximate surface area is 111 Å². The van der Waals surface area contributed by atoms with Gasteiger partial charge in [0.15, 0.2) is 11.3 Å². The van der Waals surface area contributed by atoms with Crippen LogP contribution >= 0.6 is 0 Å². The van der Waals surface area contributed by atoms with Crippen LogP contribution in [0, 0.1) is 0 Å². The number of fused-ring (bicyclic) bond motifs is 2. The fourth-order valence-corrected chi connectivity index (χ4v) is 2.05. The summed E-state index contributed by atoms with van der Waals surface area (Å²) < 4.78 is 17.0. The predicted molar refractivity (Wildman–Crippen MR) is 74.2 cm³/mol. The van der Waals surface area contributed by atoms with E-state index in [-0.39, 0.29) is 0 Å². The molecule has 4 nitrogen and oxygen atoms in total. The Morgan fingerprint density at radius 1 is 1.32 bits per heavy atom. The van der Waals surface area contributed by atoms with Gasteiger partial charge in [-0.25, -0.2) is 0 Å². The lowest BCUT2D eigenvalue weighted by Crippen LogP contribution is -2.08. The maximum absolute atomic E-state index is 5.79. The van der Waals surface area contributed by atoms with Gasteiger partial charge in [-0.15, -0.1) is 0 Å². The van der Waals surface area contributed by atoms with Crippen molar-refractivity contribution in [3.05, 3.63) is 42.4 Å². The molecule has 0 radical (unpaired) electrons. The summed E-state index contributed by atoms with van der Waals surface area (Å²) in [5, 5.41) is 0.988. The van der Waals surface area contributed by atoms with E-state index in [2.05, 4.69) is 6.58 Å². The summed E-state index contributed by atoms with van der Waals surface area (Å²) in [7, 11) is 0. The first-order valence-electron chi connectivity index (χ1n) is 6.21. The molecule has 0 saturated carbocycles. The Hall–Kier alpha value is -2.20. The highest BCUT2D eigenvalue weighted by Gasteiger charge is 2.20. The Bertz CT molecular complexity index is 655. The van der Waals surface area contributed by atoms with E-state index in [4.69, 9.17) is 19.6 Å². The van der Waals surface area contributed by atoms with Gasteiger partial charge in [-0.05, 0) is 37.3 Å². The molecular weight excluding hydrogens is 242 g/mol. The Kier molecular flexibility index (Phi) is 3.01. The first kappa shape index (κ1) is 11.9. The summed E-state index contributed by atoms with van der Waals surface area (Å²) in [6.07, 6.45) is 6.22. The molecule has 2 aromatic rings. The zero-order chi connectivity index (χ0) is 13.2. The highest BCUT2D eigenvalue weighted by molar-refractivity contribution is 5.90. The number of ether oxygens (including phenoxy) is 2. The highest BCUT2D eigenvalue weighted by Crippen LogP contribution is 2.43. The summed E-state index contributed by atoms with van der Waals surface area (Å²) in [5.41, 5.74) is 7.14. The van der Waals surface area contributed by atoms with E-state index in [1.165, 1.54) is 0 Å².